The van der Waals surface area contributed by atoms with Gasteiger partial charge in [0.25, 0.3) is 0 Å². The number of amides is 1. The average molecular weight is 358 g/mol. The van der Waals surface area contributed by atoms with Crippen LogP contribution in [0.1, 0.15) is 5.56 Å². The molecule has 0 aliphatic rings. The minimum atomic E-state index is -0.761. The molecule has 1 amide bonds. The Morgan fingerprint density at radius 1 is 0.846 bits per heavy atom. The van der Waals surface area contributed by atoms with E-state index in [-0.39, 0.29) is 35.5 Å². The lowest BCUT2D eigenvalue weighted by atomic mass is 10.1. The van der Waals surface area contributed by atoms with Crippen molar-refractivity contribution in [3.05, 3.63) is 77.6 Å². The van der Waals surface area contributed by atoms with Gasteiger partial charge in [-0.15, -0.1) is 10.2 Å². The number of anilines is 3. The largest absolute Gasteiger partial charge is 0.336 e. The smallest absolute Gasteiger partial charge is 0.229 e. The number of carbonyl (C=O) groups excluding carboxylic acids is 1. The molecule has 0 atom stereocenters. The molecule has 8 heteroatoms. The van der Waals surface area contributed by atoms with Crippen LogP contribution in [-0.4, -0.2) is 16.1 Å². The van der Waals surface area contributed by atoms with E-state index >= 15 is 0 Å². The molecule has 0 spiro atoms. The van der Waals surface area contributed by atoms with Crippen molar-refractivity contribution in [2.24, 2.45) is 0 Å². The Bertz CT molecular complexity index is 915. The number of hydrogen-bond acceptors (Lipinski definition) is 4. The van der Waals surface area contributed by atoms with Crippen molar-refractivity contribution in [2.45, 2.75) is 6.42 Å². The molecule has 0 saturated heterocycles. The number of aromatic nitrogens is 2. The molecule has 26 heavy (non-hydrogen) atoms. The average Bonchev–Trinajstić information content (AvgIpc) is 2.61. The third kappa shape index (κ3) is 4.56. The summed E-state index contributed by atoms with van der Waals surface area (Å²) >= 11 is 0. The van der Waals surface area contributed by atoms with E-state index in [4.69, 9.17) is 0 Å². The molecule has 0 radical (unpaired) electrons. The van der Waals surface area contributed by atoms with Crippen molar-refractivity contribution in [1.29, 1.82) is 0 Å². The molecule has 132 valence electrons. The summed E-state index contributed by atoms with van der Waals surface area (Å²) in [5.74, 6) is -1.71. The molecule has 2 aromatic carbocycles. The first kappa shape index (κ1) is 17.4. The summed E-state index contributed by atoms with van der Waals surface area (Å²) in [4.78, 5) is 11.9. The van der Waals surface area contributed by atoms with Crippen LogP contribution in [0.3, 0.4) is 0 Å². The van der Waals surface area contributed by atoms with E-state index in [1.165, 1.54) is 42.5 Å². The predicted molar refractivity (Wildman–Crippen MR) is 90.4 cm³/mol. The highest BCUT2D eigenvalue weighted by Gasteiger charge is 2.08. The van der Waals surface area contributed by atoms with Gasteiger partial charge in [0.15, 0.2) is 11.6 Å². The molecule has 0 bridgehead atoms. The fraction of sp³-hybridized carbons (Fsp3) is 0.0556. The second-order valence-corrected chi connectivity index (χ2v) is 5.40. The number of hydrogen-bond donors (Lipinski definition) is 2. The summed E-state index contributed by atoms with van der Waals surface area (Å²) in [5.41, 5.74) is 0.704. The number of benzene rings is 2. The zero-order chi connectivity index (χ0) is 18.5. The van der Waals surface area contributed by atoms with E-state index in [9.17, 15) is 18.0 Å². The van der Waals surface area contributed by atoms with Gasteiger partial charge in [0, 0.05) is 6.07 Å². The van der Waals surface area contributed by atoms with Crippen LogP contribution in [0.4, 0.5) is 30.5 Å². The molecular weight excluding hydrogens is 345 g/mol. The zero-order valence-electron chi connectivity index (χ0n) is 13.3. The maximum absolute atomic E-state index is 13.6. The van der Waals surface area contributed by atoms with E-state index in [0.717, 1.165) is 12.1 Å². The summed E-state index contributed by atoms with van der Waals surface area (Å²) < 4.78 is 39.3. The van der Waals surface area contributed by atoms with E-state index in [0.29, 0.717) is 5.56 Å². The van der Waals surface area contributed by atoms with Crippen molar-refractivity contribution in [3.8, 4) is 0 Å². The Morgan fingerprint density at radius 2 is 1.50 bits per heavy atom. The molecule has 0 fully saturated rings. The van der Waals surface area contributed by atoms with Crippen LogP contribution in [0.5, 0.6) is 0 Å². The highest BCUT2D eigenvalue weighted by atomic mass is 19.1. The lowest BCUT2D eigenvalue weighted by molar-refractivity contribution is -0.115. The Labute approximate surface area is 146 Å². The molecule has 0 unspecified atom stereocenters. The van der Waals surface area contributed by atoms with Gasteiger partial charge in [0.2, 0.25) is 5.91 Å². The highest BCUT2D eigenvalue weighted by Crippen LogP contribution is 2.19. The maximum atomic E-state index is 13.6. The van der Waals surface area contributed by atoms with Crippen LogP contribution in [0.2, 0.25) is 0 Å². The van der Waals surface area contributed by atoms with Gasteiger partial charge >= 0.3 is 0 Å². The van der Waals surface area contributed by atoms with Crippen LogP contribution < -0.4 is 10.6 Å². The second kappa shape index (κ2) is 7.64. The summed E-state index contributed by atoms with van der Waals surface area (Å²) in [6, 6.07) is 11.7. The number of nitrogens with zero attached hydrogens (tertiary/aromatic N) is 2. The van der Waals surface area contributed by atoms with Crippen molar-refractivity contribution in [1.82, 2.24) is 10.2 Å². The second-order valence-electron chi connectivity index (χ2n) is 5.40. The van der Waals surface area contributed by atoms with Gasteiger partial charge in [0.1, 0.15) is 17.5 Å². The predicted octanol–water partition coefficient (Wildman–Crippen LogP) is 3.82. The molecule has 0 aliphatic heterocycles. The molecule has 1 aromatic heterocycles. The van der Waals surface area contributed by atoms with Crippen LogP contribution in [0.25, 0.3) is 0 Å². The normalized spacial score (nSPS) is 10.4. The highest BCUT2D eigenvalue weighted by molar-refractivity contribution is 5.91. The van der Waals surface area contributed by atoms with Crippen molar-refractivity contribution >= 4 is 23.2 Å². The molecule has 3 rings (SSSR count). The quantitative estimate of drug-likeness (QED) is 0.728. The summed E-state index contributed by atoms with van der Waals surface area (Å²) in [5, 5.41) is 12.9. The van der Waals surface area contributed by atoms with Crippen LogP contribution >= 0.6 is 0 Å². The van der Waals surface area contributed by atoms with Gasteiger partial charge in [-0.2, -0.15) is 0 Å². The third-order valence-electron chi connectivity index (χ3n) is 3.40. The van der Waals surface area contributed by atoms with Crippen molar-refractivity contribution in [3.63, 3.8) is 0 Å². The molecule has 0 saturated carbocycles. The number of halogens is 3. The first-order valence-corrected chi connectivity index (χ1v) is 7.60. The minimum absolute atomic E-state index is 0.0498. The molecule has 5 nitrogen and oxygen atoms in total. The summed E-state index contributed by atoms with van der Waals surface area (Å²) in [6.45, 7) is 0. The third-order valence-corrected chi connectivity index (χ3v) is 3.40. The van der Waals surface area contributed by atoms with Crippen LogP contribution in [0, 0.1) is 17.5 Å². The Morgan fingerprint density at radius 3 is 2.15 bits per heavy atom. The minimum Gasteiger partial charge on any atom is -0.336 e. The van der Waals surface area contributed by atoms with E-state index in [1.807, 2.05) is 0 Å². The fourth-order valence-electron chi connectivity index (χ4n) is 2.17. The van der Waals surface area contributed by atoms with Gasteiger partial charge in [0.05, 0.1) is 12.1 Å². The van der Waals surface area contributed by atoms with E-state index in [1.54, 1.807) is 0 Å². The molecule has 3 aromatic rings. The van der Waals surface area contributed by atoms with Crippen molar-refractivity contribution < 1.29 is 18.0 Å². The summed E-state index contributed by atoms with van der Waals surface area (Å²) in [6.07, 6.45) is 0.0583. The van der Waals surface area contributed by atoms with Gasteiger partial charge in [-0.1, -0.05) is 12.1 Å². The lowest BCUT2D eigenvalue weighted by Crippen LogP contribution is -2.15. The number of carbonyl (C=O) groups is 1. The zero-order valence-corrected chi connectivity index (χ0v) is 13.3. The topological polar surface area (TPSA) is 66.9 Å². The first-order valence-electron chi connectivity index (χ1n) is 7.60. The first-order chi connectivity index (χ1) is 12.5. The summed E-state index contributed by atoms with van der Waals surface area (Å²) in [7, 11) is 0. The van der Waals surface area contributed by atoms with Crippen molar-refractivity contribution in [2.75, 3.05) is 10.6 Å². The Kier molecular flexibility index (Phi) is 5.12. The number of rotatable bonds is 5. The SMILES string of the molecule is O=C(Cc1ccc(F)cc1)Nc1ccc(Nc2ccc(F)cc2F)nn1. The lowest BCUT2D eigenvalue weighted by Gasteiger charge is -2.08. The Hall–Kier alpha value is -3.42. The maximum Gasteiger partial charge on any atom is 0.229 e. The molecule has 0 aliphatic carbocycles. The molecular formula is C18H13F3N4O. The Balaban J connectivity index is 1.60. The standard InChI is InChI=1S/C18H13F3N4O/c19-12-3-1-11(2-4-12)9-18(26)23-17-8-7-16(24-25-17)22-15-6-5-13(20)10-14(15)21/h1-8,10H,9H2,(H,22,24)(H,23,25,26). The van der Waals surface area contributed by atoms with E-state index < -0.39 is 11.6 Å². The van der Waals surface area contributed by atoms with E-state index in [2.05, 4.69) is 20.8 Å². The number of nitrogens with one attached hydrogen (secondary N) is 2. The van der Waals surface area contributed by atoms with Gasteiger partial charge < -0.3 is 10.6 Å². The molecule has 1 heterocycles. The van der Waals surface area contributed by atoms with Crippen LogP contribution in [-0.2, 0) is 11.2 Å². The fourth-order valence-corrected chi connectivity index (χ4v) is 2.17. The van der Waals surface area contributed by atoms with Gasteiger partial charge in [-0.05, 0) is 42.0 Å². The van der Waals surface area contributed by atoms with Gasteiger partial charge in [-0.25, -0.2) is 13.2 Å². The monoisotopic (exact) mass is 358 g/mol. The van der Waals surface area contributed by atoms with Gasteiger partial charge in [-0.3, -0.25) is 4.79 Å². The molecule has 2 N–H and O–H groups in total. The van der Waals surface area contributed by atoms with Crippen LogP contribution in [0.15, 0.2) is 54.6 Å².